The number of aromatic carboxylic acids is 1. The summed E-state index contributed by atoms with van der Waals surface area (Å²) in [5.41, 5.74) is 0.364. The van der Waals surface area contributed by atoms with E-state index in [1.165, 1.54) is 0 Å². The second-order valence-corrected chi connectivity index (χ2v) is 4.75. The quantitative estimate of drug-likeness (QED) is 0.552. The van der Waals surface area contributed by atoms with Crippen molar-refractivity contribution in [3.63, 3.8) is 0 Å². The molecule has 0 radical (unpaired) electrons. The largest absolute Gasteiger partial charge is 0.478 e. The molecule has 0 aliphatic carbocycles. The van der Waals surface area contributed by atoms with Gasteiger partial charge < -0.3 is 14.6 Å². The second kappa shape index (κ2) is 8.97. The van der Waals surface area contributed by atoms with Crippen molar-refractivity contribution in [1.29, 1.82) is 0 Å². The summed E-state index contributed by atoms with van der Waals surface area (Å²) in [7, 11) is 1.64. The molecular formula is C13H18O4S. The molecule has 5 heteroatoms. The number of carbonyl (C=O) groups is 1. The van der Waals surface area contributed by atoms with Gasteiger partial charge in [0.15, 0.2) is 0 Å². The van der Waals surface area contributed by atoms with Crippen molar-refractivity contribution in [3.8, 4) is 0 Å². The highest BCUT2D eigenvalue weighted by molar-refractivity contribution is 7.99. The first-order valence-electron chi connectivity index (χ1n) is 5.77. The van der Waals surface area contributed by atoms with E-state index in [0.29, 0.717) is 25.4 Å². The maximum absolute atomic E-state index is 11.0. The maximum Gasteiger partial charge on any atom is 0.336 e. The van der Waals surface area contributed by atoms with E-state index in [0.717, 1.165) is 17.1 Å². The molecule has 100 valence electrons. The lowest BCUT2D eigenvalue weighted by atomic mass is 10.2. The Morgan fingerprint density at radius 3 is 2.78 bits per heavy atom. The molecule has 0 unspecified atom stereocenters. The predicted octanol–water partition coefficient (Wildman–Crippen LogP) is 2.53. The van der Waals surface area contributed by atoms with Gasteiger partial charge in [-0.15, -0.1) is 11.8 Å². The zero-order chi connectivity index (χ0) is 13.2. The highest BCUT2D eigenvalue weighted by Crippen LogP contribution is 2.23. The Kier molecular flexibility index (Phi) is 7.48. The lowest BCUT2D eigenvalue weighted by molar-refractivity contribution is 0.0693. The van der Waals surface area contributed by atoms with Gasteiger partial charge in [-0.3, -0.25) is 0 Å². The first-order chi connectivity index (χ1) is 8.75. The van der Waals surface area contributed by atoms with Crippen LogP contribution in [-0.2, 0) is 9.47 Å². The fraction of sp³-hybridized carbons (Fsp3) is 0.462. The van der Waals surface area contributed by atoms with Crippen LogP contribution in [-0.4, -0.2) is 43.8 Å². The average molecular weight is 270 g/mol. The monoisotopic (exact) mass is 270 g/mol. The smallest absolute Gasteiger partial charge is 0.336 e. The maximum atomic E-state index is 11.0. The standard InChI is InChI=1S/C13H18O4S/c1-16-8-9-17-7-4-10-18-12-6-3-2-5-11(12)13(14)15/h2-3,5-6H,4,7-10H2,1H3,(H,14,15). The van der Waals surface area contributed by atoms with Gasteiger partial charge in [0.1, 0.15) is 0 Å². The van der Waals surface area contributed by atoms with E-state index < -0.39 is 5.97 Å². The van der Waals surface area contributed by atoms with Crippen molar-refractivity contribution < 1.29 is 19.4 Å². The lowest BCUT2D eigenvalue weighted by Crippen LogP contribution is -2.04. The van der Waals surface area contributed by atoms with Gasteiger partial charge >= 0.3 is 5.97 Å². The van der Waals surface area contributed by atoms with Crippen LogP contribution in [0.3, 0.4) is 0 Å². The first kappa shape index (κ1) is 15.0. The minimum Gasteiger partial charge on any atom is -0.478 e. The number of carboxylic acids is 1. The van der Waals surface area contributed by atoms with Crippen molar-refractivity contribution >= 4 is 17.7 Å². The minimum absolute atomic E-state index is 0.364. The van der Waals surface area contributed by atoms with Crippen molar-refractivity contribution in [2.45, 2.75) is 11.3 Å². The number of carboxylic acid groups (broad SMARTS) is 1. The van der Waals surface area contributed by atoms with Crippen molar-refractivity contribution in [2.24, 2.45) is 0 Å². The number of thioether (sulfide) groups is 1. The van der Waals surface area contributed by atoms with Crippen LogP contribution in [0.2, 0.25) is 0 Å². The van der Waals surface area contributed by atoms with Crippen LogP contribution in [0.1, 0.15) is 16.8 Å². The van der Waals surface area contributed by atoms with E-state index >= 15 is 0 Å². The summed E-state index contributed by atoms with van der Waals surface area (Å²) in [6.07, 6.45) is 0.891. The number of benzene rings is 1. The molecule has 1 aromatic carbocycles. The van der Waals surface area contributed by atoms with E-state index in [1.54, 1.807) is 31.0 Å². The molecule has 0 spiro atoms. The molecule has 18 heavy (non-hydrogen) atoms. The normalized spacial score (nSPS) is 10.5. The Labute approximate surface area is 111 Å². The van der Waals surface area contributed by atoms with Gasteiger partial charge in [-0.1, -0.05) is 12.1 Å². The van der Waals surface area contributed by atoms with Gasteiger partial charge in [0, 0.05) is 24.4 Å². The van der Waals surface area contributed by atoms with Gasteiger partial charge in [-0.25, -0.2) is 4.79 Å². The zero-order valence-corrected chi connectivity index (χ0v) is 11.2. The summed E-state index contributed by atoms with van der Waals surface area (Å²) in [4.78, 5) is 11.8. The highest BCUT2D eigenvalue weighted by atomic mass is 32.2. The molecule has 0 aromatic heterocycles. The molecule has 1 aromatic rings. The van der Waals surface area contributed by atoms with Crippen LogP contribution in [0.4, 0.5) is 0 Å². The van der Waals surface area contributed by atoms with E-state index in [-0.39, 0.29) is 0 Å². The lowest BCUT2D eigenvalue weighted by Gasteiger charge is -2.06. The zero-order valence-electron chi connectivity index (χ0n) is 10.4. The summed E-state index contributed by atoms with van der Waals surface area (Å²) >= 11 is 1.55. The number of rotatable bonds is 9. The van der Waals surface area contributed by atoms with Gasteiger partial charge in [-0.05, 0) is 18.6 Å². The van der Waals surface area contributed by atoms with Gasteiger partial charge in [0.25, 0.3) is 0 Å². The predicted molar refractivity (Wildman–Crippen MR) is 71.4 cm³/mol. The number of hydrogen-bond acceptors (Lipinski definition) is 4. The number of ether oxygens (including phenoxy) is 2. The van der Waals surface area contributed by atoms with E-state index in [2.05, 4.69) is 0 Å². The Balaban J connectivity index is 2.25. The third-order valence-corrected chi connectivity index (χ3v) is 3.40. The van der Waals surface area contributed by atoms with E-state index in [1.807, 2.05) is 12.1 Å². The van der Waals surface area contributed by atoms with Gasteiger partial charge in [-0.2, -0.15) is 0 Å². The molecular weight excluding hydrogens is 252 g/mol. The molecule has 1 rings (SSSR count). The molecule has 0 saturated carbocycles. The summed E-state index contributed by atoms with van der Waals surface area (Å²) in [5, 5.41) is 9.01. The number of hydrogen-bond donors (Lipinski definition) is 1. The molecule has 0 aliphatic heterocycles. The molecule has 0 heterocycles. The fourth-order valence-corrected chi connectivity index (χ4v) is 2.32. The van der Waals surface area contributed by atoms with Crippen LogP contribution in [0.25, 0.3) is 0 Å². The number of methoxy groups -OCH3 is 1. The topological polar surface area (TPSA) is 55.8 Å². The second-order valence-electron chi connectivity index (χ2n) is 3.61. The van der Waals surface area contributed by atoms with Crippen LogP contribution < -0.4 is 0 Å². The molecule has 1 N–H and O–H groups in total. The fourth-order valence-electron chi connectivity index (χ4n) is 1.36. The average Bonchev–Trinajstić information content (AvgIpc) is 2.38. The SMILES string of the molecule is COCCOCCCSc1ccccc1C(=O)O. The molecule has 0 amide bonds. The van der Waals surface area contributed by atoms with Crippen LogP contribution in [0.5, 0.6) is 0 Å². The van der Waals surface area contributed by atoms with Crippen molar-refractivity contribution in [2.75, 3.05) is 32.7 Å². The van der Waals surface area contributed by atoms with E-state index in [9.17, 15) is 4.79 Å². The van der Waals surface area contributed by atoms with Crippen LogP contribution in [0.15, 0.2) is 29.2 Å². The summed E-state index contributed by atoms with van der Waals surface area (Å²) in [6.45, 7) is 1.88. The summed E-state index contributed by atoms with van der Waals surface area (Å²) in [6, 6.07) is 7.05. The van der Waals surface area contributed by atoms with Gasteiger partial charge in [0.05, 0.1) is 18.8 Å². The van der Waals surface area contributed by atoms with Gasteiger partial charge in [0.2, 0.25) is 0 Å². The molecule has 4 nitrogen and oxygen atoms in total. The summed E-state index contributed by atoms with van der Waals surface area (Å²) in [5.74, 6) is -0.0356. The first-order valence-corrected chi connectivity index (χ1v) is 6.76. The van der Waals surface area contributed by atoms with Crippen molar-refractivity contribution in [1.82, 2.24) is 0 Å². The Morgan fingerprint density at radius 2 is 2.06 bits per heavy atom. The molecule has 0 atom stereocenters. The van der Waals surface area contributed by atoms with Crippen LogP contribution in [0, 0.1) is 0 Å². The van der Waals surface area contributed by atoms with Crippen molar-refractivity contribution in [3.05, 3.63) is 29.8 Å². The van der Waals surface area contributed by atoms with E-state index in [4.69, 9.17) is 14.6 Å². The molecule has 0 fully saturated rings. The minimum atomic E-state index is -0.880. The third kappa shape index (κ3) is 5.53. The highest BCUT2D eigenvalue weighted by Gasteiger charge is 2.08. The summed E-state index contributed by atoms with van der Waals surface area (Å²) < 4.78 is 10.2. The molecule has 0 bridgehead atoms. The molecule has 0 saturated heterocycles. The molecule has 0 aliphatic rings. The third-order valence-electron chi connectivity index (χ3n) is 2.24. The Morgan fingerprint density at radius 1 is 1.28 bits per heavy atom. The van der Waals surface area contributed by atoms with Crippen LogP contribution >= 0.6 is 11.8 Å². The Bertz CT molecular complexity index is 368. The Hall–Kier alpha value is -1.04.